The molecule has 0 fully saturated rings. The van der Waals surface area contributed by atoms with Gasteiger partial charge in [-0.3, -0.25) is 10.1 Å². The van der Waals surface area contributed by atoms with Crippen LogP contribution in [0, 0.1) is 26.7 Å². The highest BCUT2D eigenvalue weighted by atomic mass is 16.6. The Morgan fingerprint density at radius 3 is 2.75 bits per heavy atom. The lowest BCUT2D eigenvalue weighted by Gasteiger charge is -2.29. The molecule has 24 heavy (non-hydrogen) atoms. The van der Waals surface area contributed by atoms with Gasteiger partial charge in [-0.25, -0.2) is 4.99 Å². The number of benzene rings is 1. The van der Waals surface area contributed by atoms with Crippen molar-refractivity contribution in [3.63, 3.8) is 0 Å². The highest BCUT2D eigenvalue weighted by Crippen LogP contribution is 2.36. The van der Waals surface area contributed by atoms with Crippen LogP contribution < -0.4 is 9.47 Å². The minimum Gasteiger partial charge on any atom is -0.618 e. The number of hydrogen-bond acceptors (Lipinski definition) is 6. The topological polar surface area (TPSA) is 115 Å². The zero-order valence-electron chi connectivity index (χ0n) is 12.9. The first-order valence-electron chi connectivity index (χ1n) is 7.03. The number of hydrogen-bond donors (Lipinski definition) is 0. The maximum absolute atomic E-state index is 12.1. The molecule has 0 spiro atoms. The maximum Gasteiger partial charge on any atom is 0.290 e. The molecule has 0 saturated heterocycles. The molecule has 1 aromatic heterocycles. The maximum atomic E-state index is 12.1. The Hall–Kier alpha value is -3.47. The SMILES string of the molecule is CC1(C)N=C(c2cccc[n+]2[O-])c2cc(C#N)c([N+](=O)[O-])cc2O1. The summed E-state index contributed by atoms with van der Waals surface area (Å²) in [4.78, 5) is 14.9. The molecule has 1 aliphatic heterocycles. The largest absolute Gasteiger partial charge is 0.618 e. The van der Waals surface area contributed by atoms with Crippen molar-refractivity contribution in [2.45, 2.75) is 19.6 Å². The van der Waals surface area contributed by atoms with Crippen molar-refractivity contribution < 1.29 is 14.4 Å². The Kier molecular flexibility index (Phi) is 3.41. The van der Waals surface area contributed by atoms with Crippen LogP contribution in [0.5, 0.6) is 5.75 Å². The van der Waals surface area contributed by atoms with Gasteiger partial charge in [-0.2, -0.15) is 9.99 Å². The van der Waals surface area contributed by atoms with Gasteiger partial charge in [0.05, 0.1) is 16.6 Å². The molecule has 0 N–H and O–H groups in total. The summed E-state index contributed by atoms with van der Waals surface area (Å²) in [5.41, 5.74) is -0.518. The normalized spacial score (nSPS) is 14.8. The zero-order valence-corrected chi connectivity index (χ0v) is 12.9. The molecular formula is C16H12N4O4. The Morgan fingerprint density at radius 2 is 2.12 bits per heavy atom. The molecule has 2 aromatic rings. The monoisotopic (exact) mass is 324 g/mol. The second kappa shape index (κ2) is 5.31. The summed E-state index contributed by atoms with van der Waals surface area (Å²) in [6.07, 6.45) is 1.33. The third kappa shape index (κ3) is 2.52. The first kappa shape index (κ1) is 15.4. The van der Waals surface area contributed by atoms with Gasteiger partial charge in [0, 0.05) is 12.1 Å². The second-order valence-electron chi connectivity index (χ2n) is 5.66. The fraction of sp³-hybridized carbons (Fsp3) is 0.188. The first-order chi connectivity index (χ1) is 11.3. The Bertz CT molecular complexity index is 928. The first-order valence-corrected chi connectivity index (χ1v) is 7.03. The fourth-order valence-corrected chi connectivity index (χ4v) is 2.51. The van der Waals surface area contributed by atoms with Crippen LogP contribution in [0.1, 0.15) is 30.7 Å². The van der Waals surface area contributed by atoms with Crippen LogP contribution in [-0.2, 0) is 0 Å². The Balaban J connectivity index is 2.30. The lowest BCUT2D eigenvalue weighted by atomic mass is 9.99. The van der Waals surface area contributed by atoms with Crippen LogP contribution in [-0.4, -0.2) is 16.4 Å². The smallest absolute Gasteiger partial charge is 0.290 e. The number of ether oxygens (including phenoxy) is 1. The molecule has 0 bridgehead atoms. The van der Waals surface area contributed by atoms with Crippen LogP contribution in [0.25, 0.3) is 0 Å². The predicted molar refractivity (Wildman–Crippen MR) is 83.6 cm³/mol. The number of rotatable bonds is 2. The van der Waals surface area contributed by atoms with Crippen molar-refractivity contribution in [3.05, 3.63) is 68.7 Å². The Labute approximate surface area is 137 Å². The molecule has 120 valence electrons. The summed E-state index contributed by atoms with van der Waals surface area (Å²) in [7, 11) is 0. The van der Waals surface area contributed by atoms with Gasteiger partial charge in [-0.1, -0.05) is 0 Å². The van der Waals surface area contributed by atoms with E-state index >= 15 is 0 Å². The quantitative estimate of drug-likeness (QED) is 0.363. The molecule has 0 radical (unpaired) electrons. The van der Waals surface area contributed by atoms with E-state index < -0.39 is 10.6 Å². The highest BCUT2D eigenvalue weighted by molar-refractivity contribution is 6.13. The van der Waals surface area contributed by atoms with Crippen molar-refractivity contribution >= 4 is 11.4 Å². The minimum atomic E-state index is -1.01. The number of nitriles is 1. The fourth-order valence-electron chi connectivity index (χ4n) is 2.51. The molecule has 1 aromatic carbocycles. The van der Waals surface area contributed by atoms with Crippen molar-refractivity contribution in [1.29, 1.82) is 5.26 Å². The summed E-state index contributed by atoms with van der Waals surface area (Å²) >= 11 is 0. The van der Waals surface area contributed by atoms with Gasteiger partial charge in [-0.15, -0.1) is 0 Å². The average molecular weight is 324 g/mol. The molecule has 8 nitrogen and oxygen atoms in total. The number of aromatic nitrogens is 1. The third-order valence-electron chi connectivity index (χ3n) is 3.48. The van der Waals surface area contributed by atoms with Crippen molar-refractivity contribution in [3.8, 4) is 11.8 Å². The molecule has 0 atom stereocenters. The van der Waals surface area contributed by atoms with E-state index in [0.29, 0.717) is 16.0 Å². The zero-order chi connectivity index (χ0) is 17.5. The number of fused-ring (bicyclic) bond motifs is 1. The number of nitrogens with zero attached hydrogens (tertiary/aromatic N) is 4. The molecule has 8 heteroatoms. The third-order valence-corrected chi connectivity index (χ3v) is 3.48. The summed E-state index contributed by atoms with van der Waals surface area (Å²) < 4.78 is 6.34. The van der Waals surface area contributed by atoms with E-state index in [1.54, 1.807) is 38.1 Å². The van der Waals surface area contributed by atoms with Crippen LogP contribution >= 0.6 is 0 Å². The van der Waals surface area contributed by atoms with Gasteiger partial charge >= 0.3 is 0 Å². The number of nitro benzene ring substituents is 1. The average Bonchev–Trinajstić information content (AvgIpc) is 2.52. The summed E-state index contributed by atoms with van der Waals surface area (Å²) in [6.45, 7) is 3.36. The van der Waals surface area contributed by atoms with Crippen molar-refractivity contribution in [2.75, 3.05) is 0 Å². The minimum absolute atomic E-state index is 0.122. The molecule has 0 aliphatic carbocycles. The van der Waals surface area contributed by atoms with Gasteiger partial charge in [0.2, 0.25) is 5.69 Å². The Morgan fingerprint density at radius 1 is 1.38 bits per heavy atom. The van der Waals surface area contributed by atoms with Crippen molar-refractivity contribution in [2.24, 2.45) is 4.99 Å². The molecule has 0 saturated carbocycles. The van der Waals surface area contributed by atoms with E-state index in [0.717, 1.165) is 0 Å². The van der Waals surface area contributed by atoms with E-state index in [-0.39, 0.29) is 22.7 Å². The summed E-state index contributed by atoms with van der Waals surface area (Å²) in [5.74, 6) is 0.208. The summed E-state index contributed by atoms with van der Waals surface area (Å²) in [6, 6.07) is 9.18. The second-order valence-corrected chi connectivity index (χ2v) is 5.66. The van der Waals surface area contributed by atoms with E-state index in [4.69, 9.17) is 4.74 Å². The lowest BCUT2D eigenvalue weighted by molar-refractivity contribution is -0.606. The van der Waals surface area contributed by atoms with Crippen molar-refractivity contribution in [1.82, 2.24) is 0 Å². The summed E-state index contributed by atoms with van der Waals surface area (Å²) in [5, 5.41) is 32.4. The molecule has 2 heterocycles. The van der Waals surface area contributed by atoms with Gasteiger partial charge in [0.15, 0.2) is 11.9 Å². The van der Waals surface area contributed by atoms with E-state index in [1.165, 1.54) is 18.3 Å². The van der Waals surface area contributed by atoms with E-state index in [1.807, 2.05) is 0 Å². The molecule has 3 rings (SSSR count). The van der Waals surface area contributed by atoms with Crippen LogP contribution in [0.15, 0.2) is 41.5 Å². The molecule has 1 aliphatic rings. The van der Waals surface area contributed by atoms with Gasteiger partial charge in [0.25, 0.3) is 5.69 Å². The molecule has 0 amide bonds. The lowest BCUT2D eigenvalue weighted by Crippen LogP contribution is -2.39. The molecular weight excluding hydrogens is 312 g/mol. The van der Waals surface area contributed by atoms with E-state index in [2.05, 4.69) is 4.99 Å². The number of pyridine rings is 1. The van der Waals surface area contributed by atoms with Gasteiger partial charge < -0.3 is 9.94 Å². The number of nitro groups is 1. The van der Waals surface area contributed by atoms with Crippen LogP contribution in [0.2, 0.25) is 0 Å². The number of aliphatic imine (C=N–C) groups is 1. The molecule has 0 unspecified atom stereocenters. The van der Waals surface area contributed by atoms with Gasteiger partial charge in [-0.05, 0) is 26.0 Å². The van der Waals surface area contributed by atoms with E-state index in [9.17, 15) is 20.6 Å². The van der Waals surface area contributed by atoms with Gasteiger partial charge in [0.1, 0.15) is 23.1 Å². The predicted octanol–water partition coefficient (Wildman–Crippen LogP) is 2.07. The van der Waals surface area contributed by atoms with Crippen LogP contribution in [0.4, 0.5) is 5.69 Å². The standard InChI is InChI=1S/C16H12N4O4/c1-16(2)18-15(12-5-3-4-6-19(12)21)11-7-10(9-17)13(20(22)23)8-14(11)24-16/h3-8H,1-2H3. The van der Waals surface area contributed by atoms with Crippen LogP contribution in [0.3, 0.4) is 0 Å². The highest BCUT2D eigenvalue weighted by Gasteiger charge is 2.34.